The molecule has 3 aromatic carbocycles. The van der Waals surface area contributed by atoms with Crippen molar-refractivity contribution in [2.24, 2.45) is 7.05 Å². The third-order valence-electron chi connectivity index (χ3n) is 4.32. The van der Waals surface area contributed by atoms with E-state index in [1.807, 2.05) is 96.6 Å². The Morgan fingerprint density at radius 2 is 1.59 bits per heavy atom. The van der Waals surface area contributed by atoms with Crippen molar-refractivity contribution in [2.75, 3.05) is 0 Å². The first-order valence-electron chi connectivity index (χ1n) is 8.61. The lowest BCUT2D eigenvalue weighted by molar-refractivity contribution is 0.482. The van der Waals surface area contributed by atoms with Gasteiger partial charge in [-0.05, 0) is 48.0 Å². The maximum Gasteiger partial charge on any atom is 0.151 e. The molecule has 4 nitrogen and oxygen atoms in total. The molecule has 1 heterocycles. The third kappa shape index (κ3) is 3.44. The van der Waals surface area contributed by atoms with E-state index in [9.17, 15) is 5.26 Å². The van der Waals surface area contributed by atoms with Crippen molar-refractivity contribution < 1.29 is 4.74 Å². The topological polar surface area (TPSA) is 50.8 Å². The quantitative estimate of drug-likeness (QED) is 0.461. The van der Waals surface area contributed by atoms with Gasteiger partial charge in [-0.25, -0.2) is 4.98 Å². The Kier molecular flexibility index (Phi) is 4.42. The number of benzene rings is 3. The number of aryl methyl sites for hydroxylation is 1. The van der Waals surface area contributed by atoms with Gasteiger partial charge >= 0.3 is 0 Å². The molecule has 0 bridgehead atoms. The van der Waals surface area contributed by atoms with Gasteiger partial charge in [0.15, 0.2) is 5.82 Å². The Labute approximate surface area is 157 Å². The number of nitrogens with zero attached hydrogens (tertiary/aromatic N) is 3. The number of ether oxygens (including phenoxy) is 1. The van der Waals surface area contributed by atoms with Crippen LogP contribution in [-0.2, 0) is 7.05 Å². The molecule has 130 valence electrons. The summed E-state index contributed by atoms with van der Waals surface area (Å²) < 4.78 is 7.75. The van der Waals surface area contributed by atoms with Crippen LogP contribution in [0.2, 0.25) is 0 Å². The number of fused-ring (bicyclic) bond motifs is 1. The molecule has 0 saturated carbocycles. The second kappa shape index (κ2) is 7.19. The van der Waals surface area contributed by atoms with Gasteiger partial charge in [-0.2, -0.15) is 5.26 Å². The molecule has 4 aromatic rings. The predicted octanol–water partition coefficient (Wildman–Crippen LogP) is 5.43. The first-order valence-corrected chi connectivity index (χ1v) is 8.61. The maximum absolute atomic E-state index is 9.64. The highest BCUT2D eigenvalue weighted by Crippen LogP contribution is 2.24. The molecule has 4 rings (SSSR count). The molecule has 0 atom stereocenters. The van der Waals surface area contributed by atoms with Crippen molar-refractivity contribution in [1.29, 1.82) is 5.26 Å². The molecule has 0 fully saturated rings. The average Bonchev–Trinajstić information content (AvgIpc) is 3.05. The van der Waals surface area contributed by atoms with Gasteiger partial charge in [-0.3, -0.25) is 0 Å². The van der Waals surface area contributed by atoms with Gasteiger partial charge in [-0.1, -0.05) is 42.5 Å². The Bertz CT molecular complexity index is 1150. The van der Waals surface area contributed by atoms with E-state index in [2.05, 4.69) is 11.1 Å². The smallest absolute Gasteiger partial charge is 0.151 e. The maximum atomic E-state index is 9.64. The van der Waals surface area contributed by atoms with E-state index in [4.69, 9.17) is 4.74 Å². The van der Waals surface area contributed by atoms with Crippen molar-refractivity contribution >= 4 is 22.7 Å². The SMILES string of the molecule is Cn1c(C(C#N)=Cc2ccc(Oc3ccccc3)cc2)nc2ccccc21. The fraction of sp³-hybridized carbons (Fsp3) is 0.0435. The van der Waals surface area contributed by atoms with Crippen molar-refractivity contribution in [2.45, 2.75) is 0 Å². The summed E-state index contributed by atoms with van der Waals surface area (Å²) in [6, 6.07) is 27.4. The van der Waals surface area contributed by atoms with E-state index in [1.54, 1.807) is 0 Å². The Morgan fingerprint density at radius 1 is 0.926 bits per heavy atom. The summed E-state index contributed by atoms with van der Waals surface area (Å²) in [6.07, 6.45) is 1.84. The molecule has 0 amide bonds. The molecule has 0 aliphatic rings. The Hall–Kier alpha value is -3.84. The predicted molar refractivity (Wildman–Crippen MR) is 107 cm³/mol. The summed E-state index contributed by atoms with van der Waals surface area (Å²) in [5, 5.41) is 9.64. The minimum Gasteiger partial charge on any atom is -0.457 e. The zero-order chi connectivity index (χ0) is 18.6. The van der Waals surface area contributed by atoms with Gasteiger partial charge < -0.3 is 9.30 Å². The number of hydrogen-bond acceptors (Lipinski definition) is 3. The van der Waals surface area contributed by atoms with Crippen molar-refractivity contribution in [3.8, 4) is 17.6 Å². The van der Waals surface area contributed by atoms with Crippen molar-refractivity contribution in [3.63, 3.8) is 0 Å². The summed E-state index contributed by atoms with van der Waals surface area (Å²) in [5.41, 5.74) is 3.31. The van der Waals surface area contributed by atoms with Crippen LogP contribution in [0.1, 0.15) is 11.4 Å². The normalized spacial score (nSPS) is 11.3. The van der Waals surface area contributed by atoms with Crippen molar-refractivity contribution in [3.05, 3.63) is 90.3 Å². The van der Waals surface area contributed by atoms with E-state index < -0.39 is 0 Å². The number of imidazole rings is 1. The van der Waals surface area contributed by atoms with Crippen LogP contribution in [-0.4, -0.2) is 9.55 Å². The van der Waals surface area contributed by atoms with E-state index in [-0.39, 0.29) is 0 Å². The van der Waals surface area contributed by atoms with Gasteiger partial charge in [-0.15, -0.1) is 0 Å². The molecule has 0 aliphatic carbocycles. The second-order valence-corrected chi connectivity index (χ2v) is 6.14. The van der Waals surface area contributed by atoms with Crippen LogP contribution in [0.5, 0.6) is 11.5 Å². The molecule has 0 saturated heterocycles. The first kappa shape index (κ1) is 16.6. The zero-order valence-corrected chi connectivity index (χ0v) is 14.8. The Balaban J connectivity index is 1.63. The van der Waals surface area contributed by atoms with Gasteiger partial charge in [0.05, 0.1) is 16.6 Å². The summed E-state index contributed by atoms with van der Waals surface area (Å²) in [7, 11) is 1.92. The van der Waals surface area contributed by atoms with Gasteiger partial charge in [0.25, 0.3) is 0 Å². The molecule has 0 N–H and O–H groups in total. The molecule has 0 spiro atoms. The lowest BCUT2D eigenvalue weighted by atomic mass is 10.1. The number of nitriles is 1. The second-order valence-electron chi connectivity index (χ2n) is 6.14. The number of allylic oxidation sites excluding steroid dienone is 1. The molecular weight excluding hydrogens is 334 g/mol. The highest BCUT2D eigenvalue weighted by Gasteiger charge is 2.11. The summed E-state index contributed by atoms with van der Waals surface area (Å²) in [6.45, 7) is 0. The summed E-state index contributed by atoms with van der Waals surface area (Å²) in [4.78, 5) is 4.60. The number of aromatic nitrogens is 2. The minimum atomic E-state index is 0.519. The molecule has 0 unspecified atom stereocenters. The molecule has 27 heavy (non-hydrogen) atoms. The zero-order valence-electron chi connectivity index (χ0n) is 14.8. The van der Waals surface area contributed by atoms with E-state index in [0.717, 1.165) is 28.1 Å². The monoisotopic (exact) mass is 351 g/mol. The van der Waals surface area contributed by atoms with Crippen molar-refractivity contribution in [1.82, 2.24) is 9.55 Å². The molecule has 0 radical (unpaired) electrons. The van der Waals surface area contributed by atoms with Gasteiger partial charge in [0.1, 0.15) is 17.6 Å². The number of para-hydroxylation sites is 3. The van der Waals surface area contributed by atoms with Crippen LogP contribution in [0, 0.1) is 11.3 Å². The van der Waals surface area contributed by atoms with Gasteiger partial charge in [0.2, 0.25) is 0 Å². The molecule has 0 aliphatic heterocycles. The number of hydrogen-bond donors (Lipinski definition) is 0. The van der Waals surface area contributed by atoms with Crippen LogP contribution in [0.25, 0.3) is 22.7 Å². The fourth-order valence-corrected chi connectivity index (χ4v) is 2.96. The van der Waals surface area contributed by atoms with Crippen LogP contribution >= 0.6 is 0 Å². The third-order valence-corrected chi connectivity index (χ3v) is 4.32. The van der Waals surface area contributed by atoms with Crippen LogP contribution in [0.15, 0.2) is 78.9 Å². The largest absolute Gasteiger partial charge is 0.457 e. The van der Waals surface area contributed by atoms with E-state index >= 15 is 0 Å². The number of rotatable bonds is 4. The molecule has 4 heteroatoms. The summed E-state index contributed by atoms with van der Waals surface area (Å²) in [5.74, 6) is 2.20. The highest BCUT2D eigenvalue weighted by molar-refractivity contribution is 5.90. The minimum absolute atomic E-state index is 0.519. The lowest BCUT2D eigenvalue weighted by Gasteiger charge is -2.06. The highest BCUT2D eigenvalue weighted by atomic mass is 16.5. The standard InChI is InChI=1S/C23H17N3O/c1-26-22-10-6-5-9-21(22)25-23(26)18(16-24)15-17-11-13-20(14-12-17)27-19-7-3-2-4-8-19/h2-15H,1H3. The van der Waals surface area contributed by atoms with Crippen LogP contribution in [0.4, 0.5) is 0 Å². The lowest BCUT2D eigenvalue weighted by Crippen LogP contribution is -1.96. The fourth-order valence-electron chi connectivity index (χ4n) is 2.96. The molecule has 1 aromatic heterocycles. The van der Waals surface area contributed by atoms with Crippen LogP contribution < -0.4 is 4.74 Å². The average molecular weight is 351 g/mol. The van der Waals surface area contributed by atoms with Gasteiger partial charge in [0, 0.05) is 7.05 Å². The molecular formula is C23H17N3O. The first-order chi connectivity index (χ1) is 13.2. The van der Waals surface area contributed by atoms with E-state index in [1.165, 1.54) is 0 Å². The van der Waals surface area contributed by atoms with Crippen LogP contribution in [0.3, 0.4) is 0 Å². The Morgan fingerprint density at radius 3 is 2.30 bits per heavy atom. The van der Waals surface area contributed by atoms with E-state index in [0.29, 0.717) is 11.4 Å². The summed E-state index contributed by atoms with van der Waals surface area (Å²) >= 11 is 0.